The van der Waals surface area contributed by atoms with Crippen LogP contribution in [0.25, 0.3) is 0 Å². The highest BCUT2D eigenvalue weighted by molar-refractivity contribution is 9.10. The topological polar surface area (TPSA) is 46.9 Å². The van der Waals surface area contributed by atoms with Crippen LogP contribution in [0, 0.1) is 5.82 Å². The lowest BCUT2D eigenvalue weighted by atomic mass is 9.90. The van der Waals surface area contributed by atoms with E-state index in [2.05, 4.69) is 26.3 Å². The summed E-state index contributed by atoms with van der Waals surface area (Å²) < 4.78 is 15.5. The molecule has 0 aliphatic heterocycles. The Kier molecular flexibility index (Phi) is 6.05. The van der Waals surface area contributed by atoms with Gasteiger partial charge in [0.15, 0.2) is 5.82 Å². The van der Waals surface area contributed by atoms with E-state index in [1.807, 2.05) is 60.7 Å². The number of halogens is 2. The number of carbonyl (C=O) groups excluding carboxylic acids is 1. The Bertz CT molecular complexity index is 1090. The van der Waals surface area contributed by atoms with E-state index >= 15 is 0 Å². The molecule has 0 aliphatic rings. The third-order valence-corrected chi connectivity index (χ3v) is 5.32. The van der Waals surface area contributed by atoms with Crippen molar-refractivity contribution in [3.63, 3.8) is 0 Å². The first-order valence-electron chi connectivity index (χ1n) is 9.48. The van der Waals surface area contributed by atoms with Crippen molar-refractivity contribution in [1.82, 2.24) is 9.78 Å². The first-order chi connectivity index (χ1) is 14.6. The predicted molar refractivity (Wildman–Crippen MR) is 119 cm³/mol. The first-order valence-corrected chi connectivity index (χ1v) is 10.3. The minimum absolute atomic E-state index is 0.167. The molecule has 0 atom stereocenters. The number of hydrogen-bond acceptors (Lipinski definition) is 2. The molecule has 4 aromatic rings. The summed E-state index contributed by atoms with van der Waals surface area (Å²) in [4.78, 5) is 13.2. The Balaban J connectivity index is 1.57. The van der Waals surface area contributed by atoms with Crippen LogP contribution in [-0.2, 0) is 11.3 Å². The highest BCUT2D eigenvalue weighted by Crippen LogP contribution is 2.28. The molecular weight excluding hydrogens is 445 g/mol. The lowest BCUT2D eigenvalue weighted by molar-refractivity contribution is -0.116. The van der Waals surface area contributed by atoms with Crippen molar-refractivity contribution in [2.45, 2.75) is 12.5 Å². The average Bonchev–Trinajstić information content (AvgIpc) is 3.10. The van der Waals surface area contributed by atoms with Crippen molar-refractivity contribution in [3.8, 4) is 0 Å². The fourth-order valence-electron chi connectivity index (χ4n) is 3.31. The molecule has 4 nitrogen and oxygen atoms in total. The van der Waals surface area contributed by atoms with E-state index in [9.17, 15) is 9.18 Å². The van der Waals surface area contributed by atoms with E-state index in [0.717, 1.165) is 16.7 Å². The van der Waals surface area contributed by atoms with Crippen molar-refractivity contribution in [3.05, 3.63) is 118 Å². The molecule has 1 heterocycles. The maximum absolute atomic E-state index is 13.2. The Morgan fingerprint density at radius 3 is 2.07 bits per heavy atom. The SMILES string of the molecule is O=C(Nc1nn(Cc2ccc(F)cc2)cc1Br)C(c1ccccc1)c1ccccc1. The highest BCUT2D eigenvalue weighted by Gasteiger charge is 2.24. The number of carbonyl (C=O) groups is 1. The van der Waals surface area contributed by atoms with E-state index in [-0.39, 0.29) is 11.7 Å². The molecule has 6 heteroatoms. The lowest BCUT2D eigenvalue weighted by Crippen LogP contribution is -2.22. The maximum atomic E-state index is 13.2. The highest BCUT2D eigenvalue weighted by atomic mass is 79.9. The summed E-state index contributed by atoms with van der Waals surface area (Å²) in [7, 11) is 0. The fourth-order valence-corrected chi connectivity index (χ4v) is 3.73. The first kappa shape index (κ1) is 20.0. The van der Waals surface area contributed by atoms with E-state index < -0.39 is 5.92 Å². The Morgan fingerprint density at radius 1 is 0.933 bits per heavy atom. The molecule has 4 rings (SSSR count). The van der Waals surface area contributed by atoms with Crippen molar-refractivity contribution >= 4 is 27.7 Å². The van der Waals surface area contributed by atoms with E-state index in [1.54, 1.807) is 23.0 Å². The van der Waals surface area contributed by atoms with Gasteiger partial charge in [0.2, 0.25) is 5.91 Å². The summed E-state index contributed by atoms with van der Waals surface area (Å²) in [5, 5.41) is 7.43. The second kappa shape index (κ2) is 9.05. The smallest absolute Gasteiger partial charge is 0.237 e. The number of nitrogens with one attached hydrogen (secondary N) is 1. The summed E-state index contributed by atoms with van der Waals surface area (Å²) >= 11 is 3.47. The van der Waals surface area contributed by atoms with Gasteiger partial charge >= 0.3 is 0 Å². The minimum atomic E-state index is -0.457. The lowest BCUT2D eigenvalue weighted by Gasteiger charge is -2.17. The van der Waals surface area contributed by atoms with E-state index in [4.69, 9.17) is 0 Å². The molecule has 1 N–H and O–H groups in total. The molecule has 0 aliphatic carbocycles. The number of nitrogens with zero attached hydrogens (tertiary/aromatic N) is 2. The van der Waals surface area contributed by atoms with Gasteiger partial charge in [0.05, 0.1) is 16.9 Å². The molecule has 0 unspecified atom stereocenters. The van der Waals surface area contributed by atoms with Crippen LogP contribution in [0.2, 0.25) is 0 Å². The molecule has 0 bridgehead atoms. The van der Waals surface area contributed by atoms with Crippen molar-refractivity contribution in [1.29, 1.82) is 0 Å². The van der Waals surface area contributed by atoms with Crippen LogP contribution < -0.4 is 5.32 Å². The summed E-state index contributed by atoms with van der Waals surface area (Å²) in [6, 6.07) is 25.6. The van der Waals surface area contributed by atoms with Gasteiger partial charge in [-0.1, -0.05) is 72.8 Å². The molecule has 30 heavy (non-hydrogen) atoms. The van der Waals surface area contributed by atoms with Gasteiger partial charge in [0, 0.05) is 6.20 Å². The van der Waals surface area contributed by atoms with Crippen LogP contribution >= 0.6 is 15.9 Å². The predicted octanol–water partition coefficient (Wildman–Crippen LogP) is 5.60. The van der Waals surface area contributed by atoms with Gasteiger partial charge in [-0.05, 0) is 44.8 Å². The zero-order valence-corrected chi connectivity index (χ0v) is 17.6. The number of rotatable bonds is 6. The van der Waals surface area contributed by atoms with Crippen LogP contribution in [-0.4, -0.2) is 15.7 Å². The normalized spacial score (nSPS) is 10.9. The van der Waals surface area contributed by atoms with Crippen LogP contribution in [0.1, 0.15) is 22.6 Å². The second-order valence-electron chi connectivity index (χ2n) is 6.89. The molecule has 0 saturated carbocycles. The Hall–Kier alpha value is -3.25. The van der Waals surface area contributed by atoms with Gasteiger partial charge in [-0.15, -0.1) is 0 Å². The molecule has 150 valence electrons. The van der Waals surface area contributed by atoms with E-state index in [0.29, 0.717) is 16.8 Å². The molecule has 0 fully saturated rings. The Morgan fingerprint density at radius 2 is 1.50 bits per heavy atom. The standard InChI is InChI=1S/C24H19BrFN3O/c25-21-16-29(15-17-11-13-20(26)14-12-17)28-23(21)27-24(30)22(18-7-3-1-4-8-18)19-9-5-2-6-10-19/h1-14,16,22H,15H2,(H,27,28,30). The van der Waals surface area contributed by atoms with Crippen LogP contribution in [0.5, 0.6) is 0 Å². The van der Waals surface area contributed by atoms with E-state index in [1.165, 1.54) is 12.1 Å². The van der Waals surface area contributed by atoms with Crippen LogP contribution in [0.3, 0.4) is 0 Å². The van der Waals surface area contributed by atoms with Gasteiger partial charge in [-0.3, -0.25) is 9.48 Å². The van der Waals surface area contributed by atoms with Gasteiger partial charge in [-0.25, -0.2) is 4.39 Å². The third-order valence-electron chi connectivity index (χ3n) is 4.74. The summed E-state index contributed by atoms with van der Waals surface area (Å²) in [5.74, 6) is -0.457. The molecular formula is C24H19BrFN3O. The van der Waals surface area contributed by atoms with Gasteiger partial charge in [0.1, 0.15) is 5.82 Å². The fraction of sp³-hybridized carbons (Fsp3) is 0.0833. The maximum Gasteiger partial charge on any atom is 0.237 e. The molecule has 0 saturated heterocycles. The van der Waals surface area contributed by atoms with Crippen LogP contribution in [0.15, 0.2) is 95.6 Å². The number of hydrogen-bond donors (Lipinski definition) is 1. The second-order valence-corrected chi connectivity index (χ2v) is 7.75. The zero-order valence-electron chi connectivity index (χ0n) is 16.0. The Labute approximate surface area is 182 Å². The van der Waals surface area contributed by atoms with Gasteiger partial charge < -0.3 is 5.32 Å². The van der Waals surface area contributed by atoms with Crippen molar-refractivity contribution in [2.75, 3.05) is 5.32 Å². The largest absolute Gasteiger partial charge is 0.307 e. The summed E-state index contributed by atoms with van der Waals surface area (Å²) in [6.07, 6.45) is 1.79. The number of anilines is 1. The molecule has 1 aromatic heterocycles. The molecule has 0 spiro atoms. The average molecular weight is 464 g/mol. The summed E-state index contributed by atoms with van der Waals surface area (Å²) in [5.41, 5.74) is 2.72. The number of aromatic nitrogens is 2. The summed E-state index contributed by atoms with van der Waals surface area (Å²) in [6.45, 7) is 0.468. The van der Waals surface area contributed by atoms with Crippen molar-refractivity contribution in [2.24, 2.45) is 0 Å². The molecule has 1 amide bonds. The molecule has 0 radical (unpaired) electrons. The minimum Gasteiger partial charge on any atom is -0.307 e. The third kappa shape index (κ3) is 4.66. The molecule has 3 aromatic carbocycles. The van der Waals surface area contributed by atoms with Crippen molar-refractivity contribution < 1.29 is 9.18 Å². The zero-order chi connectivity index (χ0) is 20.9. The van der Waals surface area contributed by atoms with Gasteiger partial charge in [-0.2, -0.15) is 5.10 Å². The monoisotopic (exact) mass is 463 g/mol. The number of amides is 1. The quantitative estimate of drug-likeness (QED) is 0.404. The van der Waals surface area contributed by atoms with Crippen LogP contribution in [0.4, 0.5) is 10.2 Å². The number of benzene rings is 3. The van der Waals surface area contributed by atoms with Gasteiger partial charge in [0.25, 0.3) is 0 Å².